The van der Waals surface area contributed by atoms with Crippen LogP contribution in [0.5, 0.6) is 5.75 Å². The minimum absolute atomic E-state index is 0.0000539. The van der Waals surface area contributed by atoms with E-state index in [-0.39, 0.29) is 18.1 Å². The summed E-state index contributed by atoms with van der Waals surface area (Å²) >= 11 is 6.52. The average molecular weight is 505 g/mol. The van der Waals surface area contributed by atoms with Crippen LogP contribution in [0.3, 0.4) is 0 Å². The molecule has 1 amide bonds. The second-order valence-electron chi connectivity index (χ2n) is 5.42. The third-order valence-electron chi connectivity index (χ3n) is 3.48. The first kappa shape index (κ1) is 19.7. The fourth-order valence-corrected chi connectivity index (χ4v) is 3.47. The van der Waals surface area contributed by atoms with E-state index in [2.05, 4.69) is 63.9 Å². The lowest BCUT2D eigenvalue weighted by atomic mass is 10.1. The molecule has 0 fully saturated rings. The lowest BCUT2D eigenvalue weighted by molar-refractivity contribution is -0.122. The van der Waals surface area contributed by atoms with Crippen LogP contribution in [-0.4, -0.2) is 37.4 Å². The Balaban J connectivity index is 1.65. The molecule has 9 nitrogen and oxygen atoms in total. The standard InChI is InChI=1S/C17H11Br2N7O2/c18-12-5-11(16(28)14(19)6-12)8-21-22-15(27)9-26-24-17(23-25-26)13-4-2-1-3-10(13)7-20/h1-6,8,28H,9H2,(H,22,27). The molecule has 0 aliphatic carbocycles. The maximum absolute atomic E-state index is 12.0. The minimum atomic E-state index is -0.484. The smallest absolute Gasteiger partial charge is 0.263 e. The molecule has 0 aliphatic rings. The summed E-state index contributed by atoms with van der Waals surface area (Å²) in [5.74, 6) is -0.236. The highest BCUT2D eigenvalue weighted by atomic mass is 79.9. The van der Waals surface area contributed by atoms with E-state index in [1.807, 2.05) is 0 Å². The summed E-state index contributed by atoms with van der Waals surface area (Å²) in [5, 5.41) is 34.7. The molecule has 3 aromatic rings. The summed E-state index contributed by atoms with van der Waals surface area (Å²) in [6.45, 7) is -0.215. The first-order valence-electron chi connectivity index (χ1n) is 7.75. The van der Waals surface area contributed by atoms with Crippen molar-refractivity contribution >= 4 is 44.0 Å². The molecule has 0 unspecified atom stereocenters. The van der Waals surface area contributed by atoms with E-state index in [1.54, 1.807) is 36.4 Å². The van der Waals surface area contributed by atoms with Crippen molar-refractivity contribution in [3.05, 3.63) is 56.5 Å². The van der Waals surface area contributed by atoms with Crippen LogP contribution < -0.4 is 5.43 Å². The van der Waals surface area contributed by atoms with Gasteiger partial charge in [-0.1, -0.05) is 28.1 Å². The Morgan fingerprint density at radius 2 is 2.14 bits per heavy atom. The zero-order chi connectivity index (χ0) is 20.1. The number of hydrogen-bond donors (Lipinski definition) is 2. The van der Waals surface area contributed by atoms with Crippen molar-refractivity contribution in [2.75, 3.05) is 0 Å². The van der Waals surface area contributed by atoms with Gasteiger partial charge in [0.05, 0.1) is 22.3 Å². The molecule has 0 spiro atoms. The molecule has 140 valence electrons. The van der Waals surface area contributed by atoms with Crippen molar-refractivity contribution in [2.24, 2.45) is 5.10 Å². The molecule has 11 heteroatoms. The van der Waals surface area contributed by atoms with Gasteiger partial charge in [0.2, 0.25) is 5.82 Å². The number of carbonyl (C=O) groups excluding carboxylic acids is 1. The highest BCUT2D eigenvalue weighted by Crippen LogP contribution is 2.30. The number of phenolic OH excluding ortho intramolecular Hbond substituents is 1. The molecule has 0 bridgehead atoms. The van der Waals surface area contributed by atoms with Crippen molar-refractivity contribution in [3.8, 4) is 23.2 Å². The van der Waals surface area contributed by atoms with Crippen molar-refractivity contribution in [1.82, 2.24) is 25.6 Å². The number of nitrogens with one attached hydrogen (secondary N) is 1. The van der Waals surface area contributed by atoms with Gasteiger partial charge in [-0.3, -0.25) is 4.79 Å². The van der Waals surface area contributed by atoms with Gasteiger partial charge in [0.1, 0.15) is 12.3 Å². The Morgan fingerprint density at radius 3 is 2.93 bits per heavy atom. The monoisotopic (exact) mass is 503 g/mol. The number of halogens is 2. The highest BCUT2D eigenvalue weighted by Gasteiger charge is 2.12. The van der Waals surface area contributed by atoms with Crippen LogP contribution in [0.1, 0.15) is 11.1 Å². The molecule has 0 atom stereocenters. The lowest BCUT2D eigenvalue weighted by Crippen LogP contribution is -2.24. The second-order valence-corrected chi connectivity index (χ2v) is 7.19. The van der Waals surface area contributed by atoms with Crippen molar-refractivity contribution in [3.63, 3.8) is 0 Å². The van der Waals surface area contributed by atoms with E-state index in [0.717, 1.165) is 9.27 Å². The zero-order valence-corrected chi connectivity index (χ0v) is 17.2. The molecule has 2 aromatic carbocycles. The van der Waals surface area contributed by atoms with Crippen LogP contribution >= 0.6 is 31.9 Å². The second kappa shape index (κ2) is 8.73. The van der Waals surface area contributed by atoms with Gasteiger partial charge < -0.3 is 5.11 Å². The van der Waals surface area contributed by atoms with Crippen LogP contribution in [0.15, 0.2) is 50.4 Å². The normalized spacial score (nSPS) is 10.8. The number of amides is 1. The number of phenols is 1. The van der Waals surface area contributed by atoms with E-state index >= 15 is 0 Å². The molecule has 0 saturated heterocycles. The number of hydrogen-bond acceptors (Lipinski definition) is 7. The Morgan fingerprint density at radius 1 is 1.36 bits per heavy atom. The van der Waals surface area contributed by atoms with Crippen LogP contribution in [0, 0.1) is 11.3 Å². The molecule has 1 aromatic heterocycles. The zero-order valence-electron chi connectivity index (χ0n) is 14.0. The van der Waals surface area contributed by atoms with Gasteiger partial charge in [-0.15, -0.1) is 10.2 Å². The first-order chi connectivity index (χ1) is 13.5. The van der Waals surface area contributed by atoms with E-state index in [4.69, 9.17) is 5.26 Å². The lowest BCUT2D eigenvalue weighted by Gasteiger charge is -2.03. The van der Waals surface area contributed by atoms with Gasteiger partial charge in [-0.2, -0.15) is 15.2 Å². The van der Waals surface area contributed by atoms with Gasteiger partial charge in [0, 0.05) is 15.6 Å². The topological polar surface area (TPSA) is 129 Å². The summed E-state index contributed by atoms with van der Waals surface area (Å²) in [7, 11) is 0. The minimum Gasteiger partial charge on any atom is -0.506 e. The fraction of sp³-hybridized carbons (Fsp3) is 0.0588. The highest BCUT2D eigenvalue weighted by molar-refractivity contribution is 9.11. The Hall–Kier alpha value is -3.10. The molecule has 0 radical (unpaired) electrons. The molecule has 3 rings (SSSR count). The molecule has 0 saturated carbocycles. The number of hydrazone groups is 1. The number of nitriles is 1. The van der Waals surface area contributed by atoms with E-state index in [9.17, 15) is 9.90 Å². The predicted octanol–water partition coefficient (Wildman–Crippen LogP) is 2.59. The third-order valence-corrected chi connectivity index (χ3v) is 4.54. The maximum atomic E-state index is 12.0. The average Bonchev–Trinajstić information content (AvgIpc) is 3.13. The van der Waals surface area contributed by atoms with Crippen LogP contribution in [0.25, 0.3) is 11.4 Å². The number of tetrazole rings is 1. The quantitative estimate of drug-likeness (QED) is 0.405. The van der Waals surface area contributed by atoms with Crippen molar-refractivity contribution in [2.45, 2.75) is 6.54 Å². The number of aromatic hydroxyl groups is 1. The third kappa shape index (κ3) is 4.59. The van der Waals surface area contributed by atoms with Gasteiger partial charge >= 0.3 is 0 Å². The number of nitrogens with zero attached hydrogens (tertiary/aromatic N) is 6. The van der Waals surface area contributed by atoms with Gasteiger partial charge in [0.25, 0.3) is 5.91 Å². The van der Waals surface area contributed by atoms with E-state index in [1.165, 1.54) is 6.21 Å². The van der Waals surface area contributed by atoms with E-state index in [0.29, 0.717) is 21.2 Å². The molecule has 0 aliphatic heterocycles. The first-order valence-corrected chi connectivity index (χ1v) is 9.33. The van der Waals surface area contributed by atoms with Crippen LogP contribution in [0.2, 0.25) is 0 Å². The summed E-state index contributed by atoms with van der Waals surface area (Å²) in [5.41, 5.74) is 3.68. The molecule has 2 N–H and O–H groups in total. The summed E-state index contributed by atoms with van der Waals surface area (Å²) in [4.78, 5) is 13.1. The predicted molar refractivity (Wildman–Crippen MR) is 107 cm³/mol. The molecule has 28 heavy (non-hydrogen) atoms. The van der Waals surface area contributed by atoms with Gasteiger partial charge in [-0.05, 0) is 45.4 Å². The van der Waals surface area contributed by atoms with Gasteiger partial charge in [0.15, 0.2) is 0 Å². The maximum Gasteiger partial charge on any atom is 0.263 e. The molecular formula is C17H11Br2N7O2. The van der Waals surface area contributed by atoms with E-state index < -0.39 is 5.91 Å². The Bertz CT molecular complexity index is 1110. The SMILES string of the molecule is N#Cc1ccccc1-c1nnn(CC(=O)NN=Cc2cc(Br)cc(Br)c2O)n1. The summed E-state index contributed by atoms with van der Waals surface area (Å²) in [6, 6.07) is 12.2. The number of benzene rings is 2. The van der Waals surface area contributed by atoms with Crippen molar-refractivity contribution < 1.29 is 9.90 Å². The number of aromatic nitrogens is 4. The van der Waals surface area contributed by atoms with Crippen LogP contribution in [0.4, 0.5) is 0 Å². The molecule has 1 heterocycles. The molecular weight excluding hydrogens is 494 g/mol. The van der Waals surface area contributed by atoms with Gasteiger partial charge in [-0.25, -0.2) is 5.43 Å². The fourth-order valence-electron chi connectivity index (χ4n) is 2.22. The number of carbonyl (C=O) groups is 1. The largest absolute Gasteiger partial charge is 0.506 e. The summed E-state index contributed by atoms with van der Waals surface area (Å²) < 4.78 is 1.23. The Kier molecular flexibility index (Phi) is 6.13. The van der Waals surface area contributed by atoms with Crippen molar-refractivity contribution in [1.29, 1.82) is 5.26 Å². The Labute approximate surface area is 175 Å². The number of rotatable bonds is 5. The summed E-state index contributed by atoms with van der Waals surface area (Å²) in [6.07, 6.45) is 1.31. The van der Waals surface area contributed by atoms with Crippen LogP contribution in [-0.2, 0) is 11.3 Å².